The Morgan fingerprint density at radius 2 is 1.56 bits per heavy atom. The van der Waals surface area contributed by atoms with Crippen molar-refractivity contribution in [3.05, 3.63) is 5.21 Å². The monoisotopic (exact) mass is 352 g/mol. The molecule has 2 saturated carbocycles. The Morgan fingerprint density at radius 3 is 2.16 bits per heavy atom. The van der Waals surface area contributed by atoms with Crippen LogP contribution >= 0.6 is 0 Å². The molecular weight excluding hydrogens is 312 g/mol. The first kappa shape index (κ1) is 20.7. The molecule has 4 heteroatoms. The first-order valence-corrected chi connectivity index (χ1v) is 10.7. The molecule has 1 amide bonds. The molecule has 25 heavy (non-hydrogen) atoms. The van der Waals surface area contributed by atoms with Crippen LogP contribution in [0.4, 0.5) is 0 Å². The van der Waals surface area contributed by atoms with Gasteiger partial charge in [0, 0.05) is 19.4 Å². The van der Waals surface area contributed by atoms with Gasteiger partial charge in [0.15, 0.2) is 0 Å². The van der Waals surface area contributed by atoms with E-state index in [2.05, 4.69) is 5.32 Å². The molecular formula is C21H40N2O2. The molecule has 2 fully saturated rings. The summed E-state index contributed by atoms with van der Waals surface area (Å²) < 4.78 is -0.276. The van der Waals surface area contributed by atoms with Gasteiger partial charge < -0.3 is 15.2 Å². The van der Waals surface area contributed by atoms with E-state index in [-0.39, 0.29) is 16.0 Å². The van der Waals surface area contributed by atoms with Gasteiger partial charge in [-0.15, -0.1) is 0 Å². The van der Waals surface area contributed by atoms with Crippen molar-refractivity contribution in [1.29, 1.82) is 0 Å². The number of amides is 1. The van der Waals surface area contributed by atoms with E-state index < -0.39 is 0 Å². The van der Waals surface area contributed by atoms with Crippen molar-refractivity contribution in [2.45, 2.75) is 89.9 Å². The van der Waals surface area contributed by atoms with Crippen LogP contribution in [0.1, 0.15) is 89.9 Å². The maximum Gasteiger partial charge on any atom is 0.220 e. The van der Waals surface area contributed by atoms with Crippen molar-refractivity contribution in [3.63, 3.8) is 0 Å². The maximum absolute atomic E-state index is 12.7. The fourth-order valence-electron chi connectivity index (χ4n) is 5.12. The van der Waals surface area contributed by atoms with Gasteiger partial charge in [-0.1, -0.05) is 51.4 Å². The average Bonchev–Trinajstić information content (AvgIpc) is 2.54. The van der Waals surface area contributed by atoms with Crippen molar-refractivity contribution < 1.29 is 9.44 Å². The summed E-state index contributed by atoms with van der Waals surface area (Å²) in [5.41, 5.74) is 0.249. The van der Waals surface area contributed by atoms with Crippen molar-refractivity contribution in [2.75, 3.05) is 27.2 Å². The van der Waals surface area contributed by atoms with Crippen LogP contribution in [0.15, 0.2) is 0 Å². The van der Waals surface area contributed by atoms with Crippen LogP contribution < -0.4 is 5.32 Å². The Balaban J connectivity index is 1.91. The number of quaternary nitrogens is 1. The first-order chi connectivity index (χ1) is 11.9. The highest BCUT2D eigenvalue weighted by atomic mass is 16.5. The summed E-state index contributed by atoms with van der Waals surface area (Å²) in [5, 5.41) is 14.7. The third-order valence-corrected chi connectivity index (χ3v) is 6.53. The van der Waals surface area contributed by atoms with Crippen LogP contribution in [0.2, 0.25) is 0 Å². The number of nitrogens with zero attached hydrogens (tertiary/aromatic N) is 1. The predicted molar refractivity (Wildman–Crippen MR) is 104 cm³/mol. The highest BCUT2D eigenvalue weighted by Gasteiger charge is 2.40. The second-order valence-corrected chi connectivity index (χ2v) is 9.14. The molecule has 0 atom stereocenters. The lowest BCUT2D eigenvalue weighted by Crippen LogP contribution is -2.40. The van der Waals surface area contributed by atoms with Gasteiger partial charge in [0.05, 0.1) is 20.6 Å². The Labute approximate surface area is 154 Å². The molecule has 4 nitrogen and oxygen atoms in total. The summed E-state index contributed by atoms with van der Waals surface area (Å²) in [6, 6.07) is 0. The fourth-order valence-corrected chi connectivity index (χ4v) is 5.12. The molecule has 2 rings (SSSR count). The zero-order valence-corrected chi connectivity index (χ0v) is 16.7. The lowest BCUT2D eigenvalue weighted by molar-refractivity contribution is -0.840. The second kappa shape index (κ2) is 9.91. The zero-order chi connectivity index (χ0) is 18.2. The lowest BCUT2D eigenvalue weighted by atomic mass is 9.61. The van der Waals surface area contributed by atoms with E-state index >= 15 is 0 Å². The minimum atomic E-state index is -0.276. The highest BCUT2D eigenvalue weighted by molar-refractivity contribution is 5.76. The Kier molecular flexibility index (Phi) is 8.21. The summed E-state index contributed by atoms with van der Waals surface area (Å²) in [4.78, 5) is 12.7. The third kappa shape index (κ3) is 7.26. The highest BCUT2D eigenvalue weighted by Crippen LogP contribution is 2.49. The SMILES string of the molecule is C[N+](C)([O-])CCCNC(=O)CC1(C2CCCCC2)CCCCCCC1. The molecule has 0 aromatic carbocycles. The molecule has 0 saturated heterocycles. The van der Waals surface area contributed by atoms with E-state index in [1.54, 1.807) is 14.1 Å². The van der Waals surface area contributed by atoms with E-state index in [1.165, 1.54) is 77.0 Å². The summed E-state index contributed by atoms with van der Waals surface area (Å²) in [6.45, 7) is 1.21. The molecule has 146 valence electrons. The minimum Gasteiger partial charge on any atom is -0.633 e. The smallest absolute Gasteiger partial charge is 0.220 e. The fraction of sp³-hybridized carbons (Fsp3) is 0.952. The van der Waals surface area contributed by atoms with E-state index in [0.29, 0.717) is 19.5 Å². The standard InChI is InChI=1S/C21H40N2O2/c1-23(2,25)17-11-16-22-20(24)18-21(19-12-7-6-8-13-19)14-9-4-3-5-10-15-21/h19H,3-18H2,1-2H3,(H,22,24). The number of hydrogen-bond acceptors (Lipinski definition) is 2. The molecule has 0 bridgehead atoms. The number of rotatable bonds is 7. The van der Waals surface area contributed by atoms with E-state index in [4.69, 9.17) is 0 Å². The molecule has 0 heterocycles. The van der Waals surface area contributed by atoms with Gasteiger partial charge in [0.1, 0.15) is 0 Å². The van der Waals surface area contributed by atoms with Crippen LogP contribution in [0, 0.1) is 16.5 Å². The number of nitrogens with one attached hydrogen (secondary N) is 1. The second-order valence-electron chi connectivity index (χ2n) is 9.14. The molecule has 2 aliphatic carbocycles. The van der Waals surface area contributed by atoms with Gasteiger partial charge in [0.25, 0.3) is 0 Å². The topological polar surface area (TPSA) is 52.2 Å². The van der Waals surface area contributed by atoms with Crippen molar-refractivity contribution in [2.24, 2.45) is 11.3 Å². The maximum atomic E-state index is 12.7. The molecule has 1 N–H and O–H groups in total. The normalized spacial score (nSPS) is 22.8. The number of hydroxylamine groups is 3. The van der Waals surface area contributed by atoms with Gasteiger partial charge in [-0.3, -0.25) is 4.79 Å². The number of carbonyl (C=O) groups is 1. The van der Waals surface area contributed by atoms with Crippen LogP contribution in [-0.2, 0) is 4.79 Å². The molecule has 0 aliphatic heterocycles. The van der Waals surface area contributed by atoms with Crippen LogP contribution in [-0.4, -0.2) is 37.7 Å². The zero-order valence-electron chi connectivity index (χ0n) is 16.7. The quantitative estimate of drug-likeness (QED) is 0.408. The molecule has 0 spiro atoms. The van der Waals surface area contributed by atoms with E-state index in [9.17, 15) is 10.0 Å². The molecule has 0 radical (unpaired) electrons. The lowest BCUT2D eigenvalue weighted by Gasteiger charge is -2.44. The van der Waals surface area contributed by atoms with Crippen LogP contribution in [0.5, 0.6) is 0 Å². The Bertz CT molecular complexity index is 389. The summed E-state index contributed by atoms with van der Waals surface area (Å²) >= 11 is 0. The van der Waals surface area contributed by atoms with Gasteiger partial charge in [-0.05, 0) is 37.0 Å². The number of carbonyl (C=O) groups excluding carboxylic acids is 1. The summed E-state index contributed by atoms with van der Waals surface area (Å²) in [5.74, 6) is 0.977. The average molecular weight is 353 g/mol. The predicted octanol–water partition coefficient (Wildman–Crippen LogP) is 4.77. The van der Waals surface area contributed by atoms with E-state index in [0.717, 1.165) is 12.3 Å². The molecule has 0 aromatic rings. The van der Waals surface area contributed by atoms with Gasteiger partial charge in [-0.2, -0.15) is 0 Å². The Morgan fingerprint density at radius 1 is 1.00 bits per heavy atom. The minimum absolute atomic E-state index is 0.224. The third-order valence-electron chi connectivity index (χ3n) is 6.53. The van der Waals surface area contributed by atoms with Crippen LogP contribution in [0.25, 0.3) is 0 Å². The van der Waals surface area contributed by atoms with Crippen LogP contribution in [0.3, 0.4) is 0 Å². The summed E-state index contributed by atoms with van der Waals surface area (Å²) in [7, 11) is 3.32. The van der Waals surface area contributed by atoms with Crippen molar-refractivity contribution in [3.8, 4) is 0 Å². The molecule has 0 unspecified atom stereocenters. The van der Waals surface area contributed by atoms with Gasteiger partial charge in [-0.25, -0.2) is 0 Å². The van der Waals surface area contributed by atoms with Gasteiger partial charge in [0.2, 0.25) is 5.91 Å². The largest absolute Gasteiger partial charge is 0.633 e. The number of hydrogen-bond donors (Lipinski definition) is 1. The van der Waals surface area contributed by atoms with Gasteiger partial charge >= 0.3 is 0 Å². The Hall–Kier alpha value is -0.610. The van der Waals surface area contributed by atoms with E-state index in [1.807, 2.05) is 0 Å². The summed E-state index contributed by atoms with van der Waals surface area (Å²) in [6.07, 6.45) is 17.4. The first-order valence-electron chi connectivity index (χ1n) is 10.7. The molecule has 0 aromatic heterocycles. The molecule has 2 aliphatic rings. The van der Waals surface area contributed by atoms with Crippen molar-refractivity contribution >= 4 is 5.91 Å². The van der Waals surface area contributed by atoms with Crippen molar-refractivity contribution in [1.82, 2.24) is 5.32 Å².